The van der Waals surface area contributed by atoms with Crippen LogP contribution in [0.2, 0.25) is 0 Å². The molecule has 25 heavy (non-hydrogen) atoms. The third kappa shape index (κ3) is 3.26. The standard InChI is InChI=1S/C22H20N2O/c25-22(16-8-2-1-3-9-16)23-15-21-19-12-6-4-10-17(19)14-18-11-5-7-13-20(18)24-21/h1-13,21,24H,14-15H2,(H,23,25). The van der Waals surface area contributed by atoms with Gasteiger partial charge in [0.05, 0.1) is 6.04 Å². The summed E-state index contributed by atoms with van der Waals surface area (Å²) < 4.78 is 0. The number of nitrogens with one attached hydrogen (secondary N) is 2. The molecule has 0 fully saturated rings. The highest BCUT2D eigenvalue weighted by Gasteiger charge is 2.21. The van der Waals surface area contributed by atoms with Crippen molar-refractivity contribution in [3.63, 3.8) is 0 Å². The molecule has 0 aromatic heterocycles. The van der Waals surface area contributed by atoms with Crippen LogP contribution in [0.5, 0.6) is 0 Å². The minimum absolute atomic E-state index is 0.0441. The lowest BCUT2D eigenvalue weighted by atomic mass is 9.97. The fourth-order valence-electron chi connectivity index (χ4n) is 3.37. The maximum atomic E-state index is 12.4. The first kappa shape index (κ1) is 15.5. The number of para-hydroxylation sites is 1. The Morgan fingerprint density at radius 3 is 2.40 bits per heavy atom. The van der Waals surface area contributed by atoms with Gasteiger partial charge in [-0.1, -0.05) is 60.7 Å². The van der Waals surface area contributed by atoms with Crippen molar-refractivity contribution in [1.29, 1.82) is 0 Å². The second-order valence-electron chi connectivity index (χ2n) is 6.31. The Morgan fingerprint density at radius 2 is 1.56 bits per heavy atom. The summed E-state index contributed by atoms with van der Waals surface area (Å²) in [4.78, 5) is 12.4. The van der Waals surface area contributed by atoms with E-state index in [2.05, 4.69) is 53.1 Å². The molecular weight excluding hydrogens is 308 g/mol. The molecule has 2 N–H and O–H groups in total. The lowest BCUT2D eigenvalue weighted by molar-refractivity contribution is 0.0952. The average Bonchev–Trinajstić information content (AvgIpc) is 2.83. The fraction of sp³-hybridized carbons (Fsp3) is 0.136. The van der Waals surface area contributed by atoms with Crippen molar-refractivity contribution in [2.75, 3.05) is 11.9 Å². The molecule has 3 aromatic carbocycles. The summed E-state index contributed by atoms with van der Waals surface area (Å²) in [6, 6.07) is 26.2. The van der Waals surface area contributed by atoms with Crippen LogP contribution in [0, 0.1) is 0 Å². The molecule has 1 aliphatic rings. The number of rotatable bonds is 3. The zero-order valence-corrected chi connectivity index (χ0v) is 13.9. The van der Waals surface area contributed by atoms with Gasteiger partial charge in [-0.3, -0.25) is 4.79 Å². The highest BCUT2D eigenvalue weighted by Crippen LogP contribution is 2.31. The maximum absolute atomic E-state index is 12.4. The van der Waals surface area contributed by atoms with Gasteiger partial charge in [0.25, 0.3) is 5.91 Å². The van der Waals surface area contributed by atoms with Gasteiger partial charge < -0.3 is 10.6 Å². The second-order valence-corrected chi connectivity index (χ2v) is 6.31. The summed E-state index contributed by atoms with van der Waals surface area (Å²) in [5.41, 5.74) is 5.65. The Balaban J connectivity index is 1.59. The van der Waals surface area contributed by atoms with Crippen LogP contribution in [-0.2, 0) is 6.42 Å². The molecule has 3 nitrogen and oxygen atoms in total. The number of anilines is 1. The fourth-order valence-corrected chi connectivity index (χ4v) is 3.37. The van der Waals surface area contributed by atoms with Crippen molar-refractivity contribution < 1.29 is 4.79 Å². The van der Waals surface area contributed by atoms with Crippen molar-refractivity contribution in [3.05, 3.63) is 101 Å². The van der Waals surface area contributed by atoms with Crippen molar-refractivity contribution in [2.24, 2.45) is 0 Å². The molecule has 124 valence electrons. The predicted molar refractivity (Wildman–Crippen MR) is 101 cm³/mol. The van der Waals surface area contributed by atoms with Crippen LogP contribution in [0.4, 0.5) is 5.69 Å². The van der Waals surface area contributed by atoms with E-state index in [0.717, 1.165) is 12.1 Å². The largest absolute Gasteiger partial charge is 0.376 e. The maximum Gasteiger partial charge on any atom is 0.251 e. The van der Waals surface area contributed by atoms with E-state index in [1.54, 1.807) is 0 Å². The number of carbonyl (C=O) groups is 1. The monoisotopic (exact) mass is 328 g/mol. The second kappa shape index (κ2) is 6.81. The first-order valence-electron chi connectivity index (χ1n) is 8.57. The molecule has 1 aliphatic heterocycles. The molecule has 1 atom stereocenters. The summed E-state index contributed by atoms with van der Waals surface area (Å²) in [7, 11) is 0. The molecule has 1 unspecified atom stereocenters. The van der Waals surface area contributed by atoms with E-state index in [4.69, 9.17) is 0 Å². The average molecular weight is 328 g/mol. The molecule has 0 aliphatic carbocycles. The molecule has 0 bridgehead atoms. The van der Waals surface area contributed by atoms with E-state index >= 15 is 0 Å². The summed E-state index contributed by atoms with van der Waals surface area (Å²) in [6.45, 7) is 0.541. The predicted octanol–water partition coefficient (Wildman–Crippen LogP) is 4.17. The van der Waals surface area contributed by atoms with Gasteiger partial charge in [0.2, 0.25) is 0 Å². The third-order valence-corrected chi connectivity index (χ3v) is 4.66. The first-order chi connectivity index (χ1) is 12.3. The summed E-state index contributed by atoms with van der Waals surface area (Å²) >= 11 is 0. The Morgan fingerprint density at radius 1 is 0.880 bits per heavy atom. The van der Waals surface area contributed by atoms with Gasteiger partial charge in [0, 0.05) is 17.8 Å². The van der Waals surface area contributed by atoms with Crippen LogP contribution in [0.3, 0.4) is 0 Å². The van der Waals surface area contributed by atoms with Gasteiger partial charge in [-0.05, 0) is 41.3 Å². The smallest absolute Gasteiger partial charge is 0.251 e. The SMILES string of the molecule is O=C(NCC1Nc2ccccc2Cc2ccccc21)c1ccccc1. The molecule has 0 radical (unpaired) electrons. The third-order valence-electron chi connectivity index (χ3n) is 4.66. The van der Waals surface area contributed by atoms with Crippen LogP contribution in [0.25, 0.3) is 0 Å². The van der Waals surface area contributed by atoms with Gasteiger partial charge in [0.1, 0.15) is 0 Å². The van der Waals surface area contributed by atoms with Gasteiger partial charge in [-0.2, -0.15) is 0 Å². The lowest BCUT2D eigenvalue weighted by Gasteiger charge is -2.21. The van der Waals surface area contributed by atoms with Crippen LogP contribution in [-0.4, -0.2) is 12.5 Å². The molecule has 1 amide bonds. The van der Waals surface area contributed by atoms with E-state index in [-0.39, 0.29) is 11.9 Å². The number of hydrogen-bond acceptors (Lipinski definition) is 2. The highest BCUT2D eigenvalue weighted by molar-refractivity contribution is 5.94. The zero-order chi connectivity index (χ0) is 17.1. The Kier molecular flexibility index (Phi) is 4.21. The van der Waals surface area contributed by atoms with Gasteiger partial charge >= 0.3 is 0 Å². The van der Waals surface area contributed by atoms with Gasteiger partial charge in [-0.25, -0.2) is 0 Å². The van der Waals surface area contributed by atoms with Gasteiger partial charge in [0.15, 0.2) is 0 Å². The first-order valence-corrected chi connectivity index (χ1v) is 8.57. The summed E-state index contributed by atoms with van der Waals surface area (Å²) in [6.07, 6.45) is 0.905. The highest BCUT2D eigenvalue weighted by atomic mass is 16.1. The summed E-state index contributed by atoms with van der Waals surface area (Å²) in [5.74, 6) is -0.0441. The molecule has 0 saturated carbocycles. The van der Waals surface area contributed by atoms with E-state index in [9.17, 15) is 4.79 Å². The number of amides is 1. The van der Waals surface area contributed by atoms with E-state index in [1.807, 2.05) is 36.4 Å². The van der Waals surface area contributed by atoms with Crippen LogP contribution in [0.15, 0.2) is 78.9 Å². The molecule has 3 aromatic rings. The van der Waals surface area contributed by atoms with Crippen molar-refractivity contribution in [1.82, 2.24) is 5.32 Å². The molecule has 0 saturated heterocycles. The van der Waals surface area contributed by atoms with Crippen LogP contribution >= 0.6 is 0 Å². The van der Waals surface area contributed by atoms with Crippen molar-refractivity contribution >= 4 is 11.6 Å². The lowest BCUT2D eigenvalue weighted by Crippen LogP contribution is -2.31. The topological polar surface area (TPSA) is 41.1 Å². The Bertz CT molecular complexity index is 889. The minimum Gasteiger partial charge on any atom is -0.376 e. The quantitative estimate of drug-likeness (QED) is 0.757. The van der Waals surface area contributed by atoms with E-state index in [0.29, 0.717) is 12.1 Å². The van der Waals surface area contributed by atoms with Crippen molar-refractivity contribution in [3.8, 4) is 0 Å². The van der Waals surface area contributed by atoms with Crippen LogP contribution < -0.4 is 10.6 Å². The van der Waals surface area contributed by atoms with Gasteiger partial charge in [-0.15, -0.1) is 0 Å². The minimum atomic E-state index is -0.0441. The summed E-state index contributed by atoms with van der Waals surface area (Å²) in [5, 5.41) is 6.67. The number of hydrogen-bond donors (Lipinski definition) is 2. The molecule has 4 rings (SSSR count). The zero-order valence-electron chi connectivity index (χ0n) is 13.9. The molecule has 3 heteroatoms. The Hall–Kier alpha value is -3.07. The van der Waals surface area contributed by atoms with Crippen molar-refractivity contribution in [2.45, 2.75) is 12.5 Å². The molecular formula is C22H20N2O. The molecule has 1 heterocycles. The number of fused-ring (bicyclic) bond motifs is 2. The van der Waals surface area contributed by atoms with Crippen LogP contribution in [0.1, 0.15) is 33.1 Å². The normalized spacial score (nSPS) is 15.3. The number of carbonyl (C=O) groups excluding carboxylic acids is 1. The van der Waals surface area contributed by atoms with E-state index in [1.165, 1.54) is 16.7 Å². The number of benzene rings is 3. The van der Waals surface area contributed by atoms with E-state index < -0.39 is 0 Å². The molecule has 0 spiro atoms. The Labute approximate surface area is 147 Å².